The van der Waals surface area contributed by atoms with E-state index in [-0.39, 0.29) is 5.91 Å². The molecule has 20 heavy (non-hydrogen) atoms. The van der Waals surface area contributed by atoms with Gasteiger partial charge in [0.05, 0.1) is 5.52 Å². The van der Waals surface area contributed by atoms with Crippen molar-refractivity contribution in [1.29, 1.82) is 0 Å². The molecule has 100 valence electrons. The van der Waals surface area contributed by atoms with Gasteiger partial charge in [-0.05, 0) is 34.5 Å². The predicted octanol–water partition coefficient (Wildman–Crippen LogP) is 3.57. The van der Waals surface area contributed by atoms with Crippen molar-refractivity contribution in [3.63, 3.8) is 0 Å². The van der Waals surface area contributed by atoms with Crippen molar-refractivity contribution in [2.75, 3.05) is 7.05 Å². The molecule has 1 aromatic carbocycles. The fourth-order valence-electron chi connectivity index (χ4n) is 2.11. The van der Waals surface area contributed by atoms with E-state index in [9.17, 15) is 4.79 Å². The number of amides is 1. The van der Waals surface area contributed by atoms with Gasteiger partial charge in [0.15, 0.2) is 0 Å². The van der Waals surface area contributed by atoms with E-state index in [2.05, 4.69) is 10.4 Å². The summed E-state index contributed by atoms with van der Waals surface area (Å²) < 4.78 is 0. The Hall–Kier alpha value is -2.20. The third-order valence-corrected chi connectivity index (χ3v) is 3.90. The monoisotopic (exact) mass is 282 g/mol. The largest absolute Gasteiger partial charge is 0.336 e. The second-order valence-corrected chi connectivity index (χ2v) is 5.46. The van der Waals surface area contributed by atoms with Crippen molar-refractivity contribution in [3.05, 3.63) is 64.5 Å². The van der Waals surface area contributed by atoms with E-state index in [4.69, 9.17) is 0 Å². The topological polar surface area (TPSA) is 33.2 Å². The summed E-state index contributed by atoms with van der Waals surface area (Å²) in [5.41, 5.74) is 2.48. The third kappa shape index (κ3) is 2.56. The van der Waals surface area contributed by atoms with E-state index >= 15 is 0 Å². The fourth-order valence-corrected chi connectivity index (χ4v) is 2.77. The number of fused-ring (bicyclic) bond motifs is 1. The summed E-state index contributed by atoms with van der Waals surface area (Å²) in [7, 11) is 1.80. The molecule has 0 aliphatic carbocycles. The average Bonchev–Trinajstić information content (AvgIpc) is 2.99. The van der Waals surface area contributed by atoms with Gasteiger partial charge in [-0.2, -0.15) is 11.3 Å². The molecule has 0 saturated carbocycles. The highest BCUT2D eigenvalue weighted by Gasteiger charge is 2.14. The Morgan fingerprint density at radius 1 is 1.20 bits per heavy atom. The quantitative estimate of drug-likeness (QED) is 0.736. The molecule has 3 nitrogen and oxygen atoms in total. The van der Waals surface area contributed by atoms with Crippen LogP contribution in [-0.2, 0) is 6.54 Å². The molecule has 1 amide bonds. The van der Waals surface area contributed by atoms with E-state index in [0.717, 1.165) is 16.5 Å². The third-order valence-electron chi connectivity index (χ3n) is 3.16. The van der Waals surface area contributed by atoms with Crippen molar-refractivity contribution in [2.24, 2.45) is 0 Å². The molecular formula is C16H14N2OS. The first kappa shape index (κ1) is 12.8. The molecule has 0 atom stereocenters. The van der Waals surface area contributed by atoms with E-state index < -0.39 is 0 Å². The van der Waals surface area contributed by atoms with Gasteiger partial charge in [-0.15, -0.1) is 0 Å². The van der Waals surface area contributed by atoms with Crippen LogP contribution in [-0.4, -0.2) is 22.8 Å². The SMILES string of the molecule is CN(Cc1ccsc1)C(=O)c1ccc2ccccc2n1. The minimum Gasteiger partial charge on any atom is -0.336 e. The van der Waals surface area contributed by atoms with E-state index in [1.165, 1.54) is 0 Å². The van der Waals surface area contributed by atoms with Gasteiger partial charge < -0.3 is 4.90 Å². The molecule has 0 unspecified atom stereocenters. The van der Waals surface area contributed by atoms with Gasteiger partial charge in [0.1, 0.15) is 5.69 Å². The van der Waals surface area contributed by atoms with Gasteiger partial charge in [-0.25, -0.2) is 4.98 Å². The first-order valence-electron chi connectivity index (χ1n) is 6.36. The van der Waals surface area contributed by atoms with E-state index in [1.54, 1.807) is 29.4 Å². The Labute approximate surface area is 121 Å². The average molecular weight is 282 g/mol. The molecule has 2 aromatic heterocycles. The number of carbonyl (C=O) groups excluding carboxylic acids is 1. The number of benzene rings is 1. The van der Waals surface area contributed by atoms with Crippen LogP contribution < -0.4 is 0 Å². The molecule has 2 heterocycles. The number of aromatic nitrogens is 1. The molecule has 0 saturated heterocycles. The number of rotatable bonds is 3. The van der Waals surface area contributed by atoms with Gasteiger partial charge >= 0.3 is 0 Å². The summed E-state index contributed by atoms with van der Waals surface area (Å²) in [5.74, 6) is -0.0537. The van der Waals surface area contributed by atoms with E-state index in [1.807, 2.05) is 41.8 Å². The van der Waals surface area contributed by atoms with Gasteiger partial charge in [0.25, 0.3) is 5.91 Å². The zero-order chi connectivity index (χ0) is 13.9. The number of carbonyl (C=O) groups is 1. The Kier molecular flexibility index (Phi) is 3.48. The first-order valence-corrected chi connectivity index (χ1v) is 7.30. The van der Waals surface area contributed by atoms with E-state index in [0.29, 0.717) is 12.2 Å². The summed E-state index contributed by atoms with van der Waals surface area (Å²) in [6.45, 7) is 0.608. The maximum absolute atomic E-state index is 12.4. The van der Waals surface area contributed by atoms with Crippen LogP contribution >= 0.6 is 11.3 Å². The molecule has 0 aliphatic rings. The molecule has 3 rings (SSSR count). The number of hydrogen-bond donors (Lipinski definition) is 0. The number of hydrogen-bond acceptors (Lipinski definition) is 3. The van der Waals surface area contributed by atoms with Crippen molar-refractivity contribution < 1.29 is 4.79 Å². The van der Waals surface area contributed by atoms with Crippen LogP contribution in [0.5, 0.6) is 0 Å². The molecule has 0 spiro atoms. The lowest BCUT2D eigenvalue weighted by Crippen LogP contribution is -2.26. The van der Waals surface area contributed by atoms with Gasteiger partial charge in [0, 0.05) is 19.0 Å². The highest BCUT2D eigenvalue weighted by molar-refractivity contribution is 7.07. The van der Waals surface area contributed by atoms with Crippen molar-refractivity contribution in [1.82, 2.24) is 9.88 Å². The summed E-state index contributed by atoms with van der Waals surface area (Å²) in [5, 5.41) is 5.11. The standard InChI is InChI=1S/C16H14N2OS/c1-18(10-12-8-9-20-11-12)16(19)15-7-6-13-4-2-3-5-14(13)17-15/h2-9,11H,10H2,1H3. The predicted molar refractivity (Wildman–Crippen MR) is 81.9 cm³/mol. The number of nitrogens with zero attached hydrogens (tertiary/aromatic N) is 2. The molecule has 0 bridgehead atoms. The second kappa shape index (κ2) is 5.43. The highest BCUT2D eigenvalue weighted by Crippen LogP contribution is 2.14. The van der Waals surface area contributed by atoms with Crippen molar-refractivity contribution >= 4 is 28.1 Å². The zero-order valence-electron chi connectivity index (χ0n) is 11.1. The lowest BCUT2D eigenvalue weighted by Gasteiger charge is -2.16. The number of pyridine rings is 1. The van der Waals surface area contributed by atoms with Crippen LogP contribution in [0.1, 0.15) is 16.1 Å². The van der Waals surface area contributed by atoms with Crippen LogP contribution in [0.3, 0.4) is 0 Å². The first-order chi connectivity index (χ1) is 9.74. The maximum atomic E-state index is 12.4. The second-order valence-electron chi connectivity index (χ2n) is 4.68. The highest BCUT2D eigenvalue weighted by atomic mass is 32.1. The van der Waals surface area contributed by atoms with Crippen LogP contribution in [0.15, 0.2) is 53.2 Å². The normalized spacial score (nSPS) is 10.7. The van der Waals surface area contributed by atoms with Crippen LogP contribution in [0.2, 0.25) is 0 Å². The number of thiophene rings is 1. The fraction of sp³-hybridized carbons (Fsp3) is 0.125. The Morgan fingerprint density at radius 3 is 2.85 bits per heavy atom. The Morgan fingerprint density at radius 2 is 2.05 bits per heavy atom. The number of para-hydroxylation sites is 1. The van der Waals surface area contributed by atoms with Crippen LogP contribution in [0.4, 0.5) is 0 Å². The minimum absolute atomic E-state index is 0.0537. The minimum atomic E-state index is -0.0537. The van der Waals surface area contributed by atoms with Crippen molar-refractivity contribution in [3.8, 4) is 0 Å². The van der Waals surface area contributed by atoms with Gasteiger partial charge in [0.2, 0.25) is 0 Å². The summed E-state index contributed by atoms with van der Waals surface area (Å²) in [4.78, 5) is 18.5. The maximum Gasteiger partial charge on any atom is 0.272 e. The van der Waals surface area contributed by atoms with Gasteiger partial charge in [-0.1, -0.05) is 24.3 Å². The summed E-state index contributed by atoms with van der Waals surface area (Å²) in [6.07, 6.45) is 0. The van der Waals surface area contributed by atoms with Crippen molar-refractivity contribution in [2.45, 2.75) is 6.54 Å². The Bertz CT molecular complexity index is 737. The molecule has 0 fully saturated rings. The van der Waals surface area contributed by atoms with Crippen LogP contribution in [0, 0.1) is 0 Å². The Balaban J connectivity index is 1.84. The summed E-state index contributed by atoms with van der Waals surface area (Å²) in [6, 6.07) is 13.6. The zero-order valence-corrected chi connectivity index (χ0v) is 11.9. The smallest absolute Gasteiger partial charge is 0.272 e. The molecule has 0 radical (unpaired) electrons. The molecule has 3 aromatic rings. The van der Waals surface area contributed by atoms with Crippen LogP contribution in [0.25, 0.3) is 10.9 Å². The lowest BCUT2D eigenvalue weighted by molar-refractivity contribution is 0.0780. The molecule has 4 heteroatoms. The molecule has 0 N–H and O–H groups in total. The molecular weight excluding hydrogens is 268 g/mol. The summed E-state index contributed by atoms with van der Waals surface area (Å²) >= 11 is 1.64. The lowest BCUT2D eigenvalue weighted by atomic mass is 10.2. The molecule has 0 aliphatic heterocycles. The van der Waals surface area contributed by atoms with Gasteiger partial charge in [-0.3, -0.25) is 4.79 Å².